The standard InChI is InChI=1S/C27H21F6NO6S/c28-22-6-2-5-21(27(31,32)33)20(22)10-7-16-8-11-24-23(13-16)34(15-18(39-24)9-12-25(35)36)41(37,38)19-4-1-3-17(14-19)40-26(29)30/h1-8,10-11,13-14,18,26H,9,12,15H2,(H,35,36)/b10-7+/t18-/m0/s1. The van der Waals surface area contributed by atoms with Crippen LogP contribution in [-0.4, -0.2) is 38.8 Å². The average molecular weight is 602 g/mol. The lowest BCUT2D eigenvalue weighted by molar-refractivity contribution is -0.138. The fourth-order valence-electron chi connectivity index (χ4n) is 4.17. The Bertz CT molecular complexity index is 1570. The highest BCUT2D eigenvalue weighted by atomic mass is 32.2. The molecule has 0 aliphatic carbocycles. The maximum absolute atomic E-state index is 14.3. The van der Waals surface area contributed by atoms with E-state index in [0.29, 0.717) is 0 Å². The van der Waals surface area contributed by atoms with Gasteiger partial charge in [0.25, 0.3) is 10.0 Å². The lowest BCUT2D eigenvalue weighted by Gasteiger charge is -2.35. The Morgan fingerprint density at radius 2 is 1.83 bits per heavy atom. The van der Waals surface area contributed by atoms with E-state index >= 15 is 0 Å². The molecule has 1 aliphatic rings. The Balaban J connectivity index is 1.76. The van der Waals surface area contributed by atoms with E-state index in [0.717, 1.165) is 52.9 Å². The van der Waals surface area contributed by atoms with E-state index in [1.165, 1.54) is 24.3 Å². The van der Waals surface area contributed by atoms with E-state index < -0.39 is 62.5 Å². The quantitative estimate of drug-likeness (QED) is 0.224. The number of rotatable bonds is 9. The SMILES string of the molecule is O=C(O)CC[C@H]1CN(S(=O)(=O)c2cccc(OC(F)F)c2)c2cc(/C=C/c3c(F)cccc3C(F)(F)F)ccc2O1. The zero-order valence-corrected chi connectivity index (χ0v) is 21.6. The van der Waals surface area contributed by atoms with E-state index in [-0.39, 0.29) is 36.4 Å². The summed E-state index contributed by atoms with van der Waals surface area (Å²) in [7, 11) is -4.47. The predicted molar refractivity (Wildman–Crippen MR) is 136 cm³/mol. The van der Waals surface area contributed by atoms with Gasteiger partial charge in [-0.3, -0.25) is 9.10 Å². The second-order valence-corrected chi connectivity index (χ2v) is 10.7. The van der Waals surface area contributed by atoms with Gasteiger partial charge in [-0.05, 0) is 48.4 Å². The number of halogens is 6. The van der Waals surface area contributed by atoms with Crippen LogP contribution >= 0.6 is 0 Å². The number of carboxylic acid groups (broad SMARTS) is 1. The van der Waals surface area contributed by atoms with Crippen molar-refractivity contribution in [2.45, 2.75) is 36.6 Å². The number of carboxylic acids is 1. The number of hydrogen-bond acceptors (Lipinski definition) is 5. The summed E-state index contributed by atoms with van der Waals surface area (Å²) in [6, 6.07) is 10.9. The van der Waals surface area contributed by atoms with Gasteiger partial charge in [0.15, 0.2) is 0 Å². The van der Waals surface area contributed by atoms with Crippen LogP contribution in [0.3, 0.4) is 0 Å². The number of aliphatic carboxylic acids is 1. The molecule has 0 amide bonds. The minimum absolute atomic E-state index is 0.0224. The molecular weight excluding hydrogens is 580 g/mol. The van der Waals surface area contributed by atoms with Gasteiger partial charge in [-0.15, -0.1) is 0 Å². The number of carbonyl (C=O) groups is 1. The summed E-state index contributed by atoms with van der Waals surface area (Å²) in [5, 5.41) is 9.06. The van der Waals surface area contributed by atoms with Gasteiger partial charge in [0.2, 0.25) is 0 Å². The zero-order chi connectivity index (χ0) is 29.9. The summed E-state index contributed by atoms with van der Waals surface area (Å²) in [4.78, 5) is 10.7. The van der Waals surface area contributed by atoms with Crippen LogP contribution in [0, 0.1) is 5.82 Å². The van der Waals surface area contributed by atoms with Gasteiger partial charge in [0.1, 0.15) is 23.4 Å². The van der Waals surface area contributed by atoms with E-state index in [4.69, 9.17) is 9.84 Å². The molecule has 1 heterocycles. The maximum atomic E-state index is 14.3. The van der Waals surface area contributed by atoms with Crippen LogP contribution in [0.4, 0.5) is 32.0 Å². The molecule has 218 valence electrons. The molecule has 3 aromatic rings. The van der Waals surface area contributed by atoms with Crippen molar-refractivity contribution >= 4 is 33.8 Å². The van der Waals surface area contributed by atoms with Crippen molar-refractivity contribution in [3.8, 4) is 11.5 Å². The number of hydrogen-bond donors (Lipinski definition) is 1. The van der Waals surface area contributed by atoms with Crippen LogP contribution in [0.25, 0.3) is 12.2 Å². The van der Waals surface area contributed by atoms with Crippen LogP contribution < -0.4 is 13.8 Å². The summed E-state index contributed by atoms with van der Waals surface area (Å²) in [6.07, 6.45) is -4.07. The van der Waals surface area contributed by atoms with Crippen molar-refractivity contribution in [1.29, 1.82) is 0 Å². The Labute approximate surface area is 230 Å². The topological polar surface area (TPSA) is 93.1 Å². The van der Waals surface area contributed by atoms with Crippen molar-refractivity contribution < 1.29 is 54.1 Å². The Kier molecular flexibility index (Phi) is 8.52. The number of fused-ring (bicyclic) bond motifs is 1. The van der Waals surface area contributed by atoms with Crippen molar-refractivity contribution in [2.24, 2.45) is 0 Å². The summed E-state index contributed by atoms with van der Waals surface area (Å²) >= 11 is 0. The largest absolute Gasteiger partial charge is 0.486 e. The van der Waals surface area contributed by atoms with Crippen molar-refractivity contribution in [2.75, 3.05) is 10.8 Å². The molecule has 4 rings (SSSR count). The Morgan fingerprint density at radius 1 is 1.10 bits per heavy atom. The molecule has 0 aromatic heterocycles. The van der Waals surface area contributed by atoms with Crippen molar-refractivity contribution in [1.82, 2.24) is 0 Å². The van der Waals surface area contributed by atoms with Crippen LogP contribution in [-0.2, 0) is 21.0 Å². The van der Waals surface area contributed by atoms with E-state index in [1.54, 1.807) is 0 Å². The number of ether oxygens (including phenoxy) is 2. The van der Waals surface area contributed by atoms with Gasteiger partial charge in [-0.1, -0.05) is 30.4 Å². The normalized spacial score (nSPS) is 15.6. The third-order valence-electron chi connectivity index (χ3n) is 6.01. The molecule has 0 unspecified atom stereocenters. The van der Waals surface area contributed by atoms with E-state index in [2.05, 4.69) is 4.74 Å². The minimum Gasteiger partial charge on any atom is -0.486 e. The highest BCUT2D eigenvalue weighted by molar-refractivity contribution is 7.92. The minimum atomic E-state index is -4.83. The number of sulfonamides is 1. The molecule has 0 bridgehead atoms. The van der Waals surface area contributed by atoms with Crippen molar-refractivity contribution in [3.05, 3.63) is 83.2 Å². The highest BCUT2D eigenvalue weighted by Crippen LogP contribution is 2.40. The van der Waals surface area contributed by atoms with E-state index in [1.807, 2.05) is 0 Å². The lowest BCUT2D eigenvalue weighted by Crippen LogP contribution is -2.43. The fourth-order valence-corrected chi connectivity index (χ4v) is 5.70. The highest BCUT2D eigenvalue weighted by Gasteiger charge is 2.36. The molecule has 14 heteroatoms. The summed E-state index contributed by atoms with van der Waals surface area (Å²) in [5.41, 5.74) is -1.79. The number of alkyl halides is 5. The molecule has 0 saturated carbocycles. The van der Waals surface area contributed by atoms with Crippen molar-refractivity contribution in [3.63, 3.8) is 0 Å². The zero-order valence-electron chi connectivity index (χ0n) is 20.8. The van der Waals surface area contributed by atoms with Gasteiger partial charge in [-0.2, -0.15) is 22.0 Å². The number of nitrogens with zero attached hydrogens (tertiary/aromatic N) is 1. The van der Waals surface area contributed by atoms with Crippen LogP contribution in [0.2, 0.25) is 0 Å². The van der Waals surface area contributed by atoms with Gasteiger partial charge in [0.05, 0.1) is 22.7 Å². The molecule has 0 saturated heterocycles. The first kappa shape index (κ1) is 29.8. The molecule has 1 N–H and O–H groups in total. The molecule has 0 fully saturated rings. The van der Waals surface area contributed by atoms with Crippen LogP contribution in [0.1, 0.15) is 29.5 Å². The lowest BCUT2D eigenvalue weighted by atomic mass is 10.0. The summed E-state index contributed by atoms with van der Waals surface area (Å²) in [6.45, 7) is -3.57. The second-order valence-electron chi connectivity index (χ2n) is 8.82. The third-order valence-corrected chi connectivity index (χ3v) is 7.79. The maximum Gasteiger partial charge on any atom is 0.417 e. The molecule has 0 spiro atoms. The number of benzene rings is 3. The molecule has 3 aromatic carbocycles. The Morgan fingerprint density at radius 3 is 2.51 bits per heavy atom. The molecule has 1 atom stereocenters. The summed E-state index contributed by atoms with van der Waals surface area (Å²) in [5.74, 6) is -2.65. The third kappa shape index (κ3) is 6.93. The molecular formula is C27H21F6NO6S. The Hall–Kier alpha value is -4.20. The summed E-state index contributed by atoms with van der Waals surface area (Å²) < 4.78 is 118. The van der Waals surface area contributed by atoms with E-state index in [9.17, 15) is 39.6 Å². The first-order valence-electron chi connectivity index (χ1n) is 11.9. The monoisotopic (exact) mass is 601 g/mol. The second kappa shape index (κ2) is 11.7. The van der Waals surface area contributed by atoms with Crippen LogP contribution in [0.5, 0.6) is 11.5 Å². The molecule has 41 heavy (non-hydrogen) atoms. The first-order chi connectivity index (χ1) is 19.3. The predicted octanol–water partition coefficient (Wildman–Crippen LogP) is 6.44. The molecule has 1 aliphatic heterocycles. The van der Waals surface area contributed by atoms with Gasteiger partial charge >= 0.3 is 18.8 Å². The van der Waals surface area contributed by atoms with Gasteiger partial charge in [0, 0.05) is 18.1 Å². The smallest absolute Gasteiger partial charge is 0.417 e. The molecule has 0 radical (unpaired) electrons. The van der Waals surface area contributed by atoms with Gasteiger partial charge < -0.3 is 14.6 Å². The number of anilines is 1. The van der Waals surface area contributed by atoms with Gasteiger partial charge in [-0.25, -0.2) is 12.8 Å². The van der Waals surface area contributed by atoms with Crippen LogP contribution in [0.15, 0.2) is 65.6 Å². The fraction of sp³-hybridized carbons (Fsp3) is 0.222. The average Bonchev–Trinajstić information content (AvgIpc) is 2.89. The molecule has 7 nitrogen and oxygen atoms in total. The first-order valence-corrected chi connectivity index (χ1v) is 13.3.